The Hall–Kier alpha value is -2.28. The summed E-state index contributed by atoms with van der Waals surface area (Å²) in [5.41, 5.74) is -0.0723. The van der Waals surface area contributed by atoms with E-state index in [4.69, 9.17) is 16.3 Å². The van der Waals surface area contributed by atoms with Crippen molar-refractivity contribution in [3.05, 3.63) is 28.8 Å². The molecule has 1 rings (SSSR count). The minimum Gasteiger partial charge on any atom is -0.465 e. The van der Waals surface area contributed by atoms with Crippen LogP contribution in [0.5, 0.6) is 0 Å². The van der Waals surface area contributed by atoms with Crippen LogP contribution in [0.1, 0.15) is 44.0 Å². The van der Waals surface area contributed by atoms with Crippen molar-refractivity contribution in [1.82, 2.24) is 5.32 Å². The van der Waals surface area contributed by atoms with E-state index < -0.39 is 17.7 Å². The summed E-state index contributed by atoms with van der Waals surface area (Å²) >= 11 is 5.86. The summed E-state index contributed by atoms with van der Waals surface area (Å²) in [6, 6.07) is 4.52. The number of hydrogen-bond donors (Lipinski definition) is 2. The number of amides is 2. The van der Waals surface area contributed by atoms with Crippen molar-refractivity contribution in [2.45, 2.75) is 39.2 Å². The smallest absolute Gasteiger partial charge is 0.407 e. The van der Waals surface area contributed by atoms with Gasteiger partial charge in [-0.15, -0.1) is 0 Å². The zero-order valence-corrected chi connectivity index (χ0v) is 15.5. The molecule has 0 aromatic heterocycles. The second-order valence-electron chi connectivity index (χ2n) is 6.26. The highest BCUT2D eigenvalue weighted by atomic mass is 35.5. The number of benzene rings is 1. The third kappa shape index (κ3) is 7.89. The van der Waals surface area contributed by atoms with Gasteiger partial charge in [0.25, 0.3) is 0 Å². The first-order chi connectivity index (χ1) is 11.6. The second-order valence-corrected chi connectivity index (χ2v) is 6.70. The molecule has 0 bridgehead atoms. The van der Waals surface area contributed by atoms with Crippen LogP contribution in [0, 0.1) is 0 Å². The molecule has 25 heavy (non-hydrogen) atoms. The molecule has 0 radical (unpaired) electrons. The SMILES string of the molecule is COC(=O)c1cc(Cl)ccc1NC(=O)CCCNC(=O)OC(C)(C)C. The van der Waals surface area contributed by atoms with Crippen LogP contribution in [-0.2, 0) is 14.3 Å². The van der Waals surface area contributed by atoms with Crippen molar-refractivity contribution < 1.29 is 23.9 Å². The zero-order valence-electron chi connectivity index (χ0n) is 14.8. The number of hydrogen-bond acceptors (Lipinski definition) is 5. The standard InChI is InChI=1S/C17H23ClN2O5/c1-17(2,3)25-16(23)19-9-5-6-14(21)20-13-8-7-11(18)10-12(13)15(22)24-4/h7-8,10H,5-6,9H2,1-4H3,(H,19,23)(H,20,21). The van der Waals surface area contributed by atoms with Gasteiger partial charge in [0, 0.05) is 18.0 Å². The number of anilines is 1. The van der Waals surface area contributed by atoms with Gasteiger partial charge in [0.05, 0.1) is 18.4 Å². The number of carbonyl (C=O) groups excluding carboxylic acids is 3. The highest BCUT2D eigenvalue weighted by Gasteiger charge is 2.16. The largest absolute Gasteiger partial charge is 0.465 e. The van der Waals surface area contributed by atoms with Gasteiger partial charge in [0.2, 0.25) is 5.91 Å². The van der Waals surface area contributed by atoms with Crippen molar-refractivity contribution in [3.8, 4) is 0 Å². The molecular weight excluding hydrogens is 348 g/mol. The summed E-state index contributed by atoms with van der Waals surface area (Å²) in [7, 11) is 1.25. The van der Waals surface area contributed by atoms with E-state index in [1.807, 2.05) is 0 Å². The van der Waals surface area contributed by atoms with Crippen LogP contribution in [0.2, 0.25) is 5.02 Å². The van der Waals surface area contributed by atoms with E-state index in [0.717, 1.165) is 0 Å². The number of ether oxygens (including phenoxy) is 2. The van der Waals surface area contributed by atoms with Crippen LogP contribution < -0.4 is 10.6 Å². The Morgan fingerprint density at radius 2 is 1.88 bits per heavy atom. The van der Waals surface area contributed by atoms with Gasteiger partial charge in [0.15, 0.2) is 0 Å². The number of esters is 1. The highest BCUT2D eigenvalue weighted by Crippen LogP contribution is 2.21. The van der Waals surface area contributed by atoms with Crippen LogP contribution in [0.4, 0.5) is 10.5 Å². The van der Waals surface area contributed by atoms with Crippen LogP contribution in [0.3, 0.4) is 0 Å². The van der Waals surface area contributed by atoms with E-state index in [1.54, 1.807) is 26.8 Å². The fourth-order valence-corrected chi connectivity index (χ4v) is 2.04. The lowest BCUT2D eigenvalue weighted by atomic mass is 10.1. The summed E-state index contributed by atoms with van der Waals surface area (Å²) in [5.74, 6) is -0.886. The summed E-state index contributed by atoms with van der Waals surface area (Å²) in [6.45, 7) is 5.61. The molecule has 8 heteroatoms. The normalized spacial score (nSPS) is 10.8. The maximum Gasteiger partial charge on any atom is 0.407 e. The first kappa shape index (κ1) is 20.8. The Morgan fingerprint density at radius 1 is 1.20 bits per heavy atom. The molecule has 2 amide bonds. The van der Waals surface area contributed by atoms with Crippen LogP contribution in [-0.4, -0.2) is 37.2 Å². The predicted octanol–water partition coefficient (Wildman–Crippen LogP) is 3.37. The number of nitrogens with one attached hydrogen (secondary N) is 2. The van der Waals surface area contributed by atoms with Gasteiger partial charge in [-0.1, -0.05) is 11.6 Å². The summed E-state index contributed by atoms with van der Waals surface area (Å²) in [5, 5.41) is 5.57. The molecule has 138 valence electrons. The predicted molar refractivity (Wildman–Crippen MR) is 94.9 cm³/mol. The lowest BCUT2D eigenvalue weighted by molar-refractivity contribution is -0.116. The molecule has 7 nitrogen and oxygen atoms in total. The Labute approximate surface area is 152 Å². The maximum atomic E-state index is 12.0. The average molecular weight is 371 g/mol. The Morgan fingerprint density at radius 3 is 2.48 bits per heavy atom. The molecule has 0 heterocycles. The fourth-order valence-electron chi connectivity index (χ4n) is 1.87. The van der Waals surface area contributed by atoms with Gasteiger partial charge in [0.1, 0.15) is 5.60 Å². The average Bonchev–Trinajstić information content (AvgIpc) is 2.51. The van der Waals surface area contributed by atoms with Gasteiger partial charge in [-0.2, -0.15) is 0 Å². The highest BCUT2D eigenvalue weighted by molar-refractivity contribution is 6.31. The van der Waals surface area contributed by atoms with Crippen LogP contribution in [0.25, 0.3) is 0 Å². The number of methoxy groups -OCH3 is 1. The summed E-state index contributed by atoms with van der Waals surface area (Å²) in [4.78, 5) is 35.2. The van der Waals surface area contributed by atoms with Crippen molar-refractivity contribution in [2.24, 2.45) is 0 Å². The van der Waals surface area contributed by atoms with E-state index in [0.29, 0.717) is 23.7 Å². The van der Waals surface area contributed by atoms with Gasteiger partial charge >= 0.3 is 12.1 Å². The molecule has 0 spiro atoms. The van der Waals surface area contributed by atoms with Crippen LogP contribution >= 0.6 is 11.6 Å². The topological polar surface area (TPSA) is 93.7 Å². The third-order valence-electron chi connectivity index (χ3n) is 2.91. The molecule has 0 saturated heterocycles. The first-order valence-electron chi connectivity index (χ1n) is 7.77. The summed E-state index contributed by atoms with van der Waals surface area (Å²) < 4.78 is 9.76. The number of rotatable bonds is 6. The van der Waals surface area contributed by atoms with E-state index in [9.17, 15) is 14.4 Å². The van der Waals surface area contributed by atoms with Crippen molar-refractivity contribution in [1.29, 1.82) is 0 Å². The first-order valence-corrected chi connectivity index (χ1v) is 8.15. The van der Waals surface area contributed by atoms with Crippen molar-refractivity contribution >= 4 is 35.3 Å². The number of carbonyl (C=O) groups is 3. The fraction of sp³-hybridized carbons (Fsp3) is 0.471. The van der Waals surface area contributed by atoms with Crippen molar-refractivity contribution in [3.63, 3.8) is 0 Å². The molecule has 0 unspecified atom stereocenters. The molecule has 2 N–H and O–H groups in total. The molecular formula is C17H23ClN2O5. The second kappa shape index (κ2) is 9.27. The van der Waals surface area contributed by atoms with Gasteiger partial charge in [-0.05, 0) is 45.4 Å². The van der Waals surface area contributed by atoms with Gasteiger partial charge < -0.3 is 20.1 Å². The van der Waals surface area contributed by atoms with Gasteiger partial charge in [-0.3, -0.25) is 4.79 Å². The lowest BCUT2D eigenvalue weighted by Crippen LogP contribution is -2.33. The third-order valence-corrected chi connectivity index (χ3v) is 3.14. The maximum absolute atomic E-state index is 12.0. The zero-order chi connectivity index (χ0) is 19.0. The van der Waals surface area contributed by atoms with E-state index in [-0.39, 0.29) is 17.9 Å². The number of halogens is 1. The summed E-state index contributed by atoms with van der Waals surface area (Å²) in [6.07, 6.45) is 0.0595. The van der Waals surface area contributed by atoms with Gasteiger partial charge in [-0.25, -0.2) is 9.59 Å². The Bertz CT molecular complexity index is 640. The molecule has 0 fully saturated rings. The molecule has 0 aliphatic rings. The van der Waals surface area contributed by atoms with Crippen molar-refractivity contribution in [2.75, 3.05) is 19.0 Å². The van der Waals surface area contributed by atoms with E-state index in [2.05, 4.69) is 15.4 Å². The minimum absolute atomic E-state index is 0.166. The Balaban J connectivity index is 2.48. The molecule has 0 atom stereocenters. The monoisotopic (exact) mass is 370 g/mol. The quantitative estimate of drug-likeness (QED) is 0.591. The minimum atomic E-state index is -0.593. The molecule has 0 aliphatic carbocycles. The molecule has 1 aromatic rings. The molecule has 1 aromatic carbocycles. The van der Waals surface area contributed by atoms with Crippen LogP contribution in [0.15, 0.2) is 18.2 Å². The molecule has 0 saturated carbocycles. The Kier molecular flexibility index (Phi) is 7.70. The molecule has 0 aliphatic heterocycles. The lowest BCUT2D eigenvalue weighted by Gasteiger charge is -2.19. The number of alkyl carbamates (subject to hydrolysis) is 1. The van der Waals surface area contributed by atoms with E-state index in [1.165, 1.54) is 19.2 Å². The van der Waals surface area contributed by atoms with E-state index >= 15 is 0 Å².